The second-order valence-corrected chi connectivity index (χ2v) is 12.8. The molecule has 0 saturated heterocycles. The monoisotopic (exact) mass is 618 g/mol. The number of carbonyl (C=O) groups excluding carboxylic acids is 1. The maximum absolute atomic E-state index is 13.5. The van der Waals surface area contributed by atoms with E-state index in [4.69, 9.17) is 55.5 Å². The van der Waals surface area contributed by atoms with E-state index in [1.54, 1.807) is 54.6 Å². The average molecular weight is 620 g/mol. The van der Waals surface area contributed by atoms with Crippen molar-refractivity contribution in [1.82, 2.24) is 0 Å². The zero-order valence-electron chi connectivity index (χ0n) is 19.9. The molecule has 4 rings (SSSR count). The number of hydrogen-bond acceptors (Lipinski definition) is 6. The minimum Gasteiger partial charge on any atom is -0.308 e. The van der Waals surface area contributed by atoms with Crippen molar-refractivity contribution in [3.05, 3.63) is 80.3 Å². The van der Waals surface area contributed by atoms with Gasteiger partial charge in [0.25, 0.3) is 0 Å². The van der Waals surface area contributed by atoms with E-state index in [2.05, 4.69) is 0 Å². The molecule has 1 heterocycles. The van der Waals surface area contributed by atoms with Crippen LogP contribution < -0.4 is 9.21 Å². The summed E-state index contributed by atoms with van der Waals surface area (Å²) in [5.74, 6) is -0.155. The predicted molar refractivity (Wildman–Crippen MR) is 154 cm³/mol. The molecule has 1 aliphatic rings. The molecule has 0 aromatic heterocycles. The molecule has 3 aromatic rings. The van der Waals surface area contributed by atoms with Gasteiger partial charge >= 0.3 is 7.60 Å². The van der Waals surface area contributed by atoms with E-state index >= 15 is 0 Å². The third-order valence-corrected chi connectivity index (χ3v) is 9.53. The largest absolute Gasteiger partial charge is 0.350 e. The third kappa shape index (κ3) is 6.60. The van der Waals surface area contributed by atoms with E-state index in [1.165, 1.54) is 16.8 Å². The SMILES string of the molecule is CCOP(=O)(CN(Sc1cc(Cl)cc(Cl)c1)c1ccc2c(c1)CC(=O)N2c1c(Cl)cccc1Cl)OCC. The topological polar surface area (TPSA) is 59.1 Å². The van der Waals surface area contributed by atoms with Crippen LogP contribution in [0.15, 0.2) is 59.5 Å². The highest BCUT2D eigenvalue weighted by Crippen LogP contribution is 2.52. The summed E-state index contributed by atoms with van der Waals surface area (Å²) in [6, 6.07) is 15.8. The average Bonchev–Trinajstić information content (AvgIpc) is 3.13. The number of para-hydroxylation sites is 1. The van der Waals surface area contributed by atoms with Gasteiger partial charge < -0.3 is 9.05 Å². The summed E-state index contributed by atoms with van der Waals surface area (Å²) >= 11 is 26.5. The first-order valence-electron chi connectivity index (χ1n) is 11.3. The molecule has 6 nitrogen and oxygen atoms in total. The summed E-state index contributed by atoms with van der Waals surface area (Å²) in [7, 11) is -3.48. The van der Waals surface area contributed by atoms with Gasteiger partial charge in [0.1, 0.15) is 6.29 Å². The number of anilines is 3. The van der Waals surface area contributed by atoms with E-state index in [-0.39, 0.29) is 31.8 Å². The minimum atomic E-state index is -3.48. The molecule has 0 bridgehead atoms. The summed E-state index contributed by atoms with van der Waals surface area (Å²) in [4.78, 5) is 15.3. The van der Waals surface area contributed by atoms with Gasteiger partial charge in [-0.05, 0) is 79.9 Å². The van der Waals surface area contributed by atoms with Gasteiger partial charge in [-0.2, -0.15) is 0 Å². The van der Waals surface area contributed by atoms with Crippen LogP contribution in [-0.2, 0) is 24.8 Å². The molecule has 0 aliphatic carbocycles. The lowest BCUT2D eigenvalue weighted by Crippen LogP contribution is -2.21. The number of amides is 1. The molecule has 0 spiro atoms. The van der Waals surface area contributed by atoms with E-state index in [9.17, 15) is 9.36 Å². The maximum atomic E-state index is 13.5. The Balaban J connectivity index is 1.74. The van der Waals surface area contributed by atoms with Gasteiger partial charge in [-0.25, -0.2) is 0 Å². The van der Waals surface area contributed by atoms with Crippen molar-refractivity contribution >= 4 is 88.9 Å². The molecular weight excluding hydrogens is 597 g/mol. The number of halogens is 4. The van der Waals surface area contributed by atoms with Crippen LogP contribution in [0, 0.1) is 0 Å². The Bertz CT molecular complexity index is 1330. The summed E-state index contributed by atoms with van der Waals surface area (Å²) in [5.41, 5.74) is 2.59. The van der Waals surface area contributed by atoms with Gasteiger partial charge in [-0.3, -0.25) is 18.6 Å². The fourth-order valence-electron chi connectivity index (χ4n) is 3.95. The first kappa shape index (κ1) is 28.6. The molecular formula is C25H23Cl4N2O4PS. The molecule has 0 saturated carbocycles. The highest BCUT2D eigenvalue weighted by molar-refractivity contribution is 8.01. The van der Waals surface area contributed by atoms with Crippen LogP contribution in [0.1, 0.15) is 19.4 Å². The molecule has 0 unspecified atom stereocenters. The molecule has 3 aromatic carbocycles. The van der Waals surface area contributed by atoms with Crippen molar-refractivity contribution in [2.45, 2.75) is 25.2 Å². The number of nitrogens with zero attached hydrogens (tertiary/aromatic N) is 2. The van der Waals surface area contributed by atoms with Crippen molar-refractivity contribution in [3.8, 4) is 0 Å². The Labute approximate surface area is 240 Å². The quantitative estimate of drug-likeness (QED) is 0.166. The summed E-state index contributed by atoms with van der Waals surface area (Å²) in [6.07, 6.45) is 0.108. The molecule has 0 radical (unpaired) electrons. The maximum Gasteiger partial charge on any atom is 0.350 e. The molecule has 1 amide bonds. The zero-order valence-corrected chi connectivity index (χ0v) is 24.7. The van der Waals surface area contributed by atoms with Crippen LogP contribution >= 0.6 is 65.9 Å². The Morgan fingerprint density at radius 2 is 1.57 bits per heavy atom. The lowest BCUT2D eigenvalue weighted by molar-refractivity contribution is -0.116. The second kappa shape index (κ2) is 12.2. The number of fused-ring (bicyclic) bond motifs is 1. The van der Waals surface area contributed by atoms with Crippen LogP contribution in [0.2, 0.25) is 20.1 Å². The summed E-state index contributed by atoms with van der Waals surface area (Å²) in [5, 5.41) is 1.70. The fourth-order valence-corrected chi connectivity index (χ4v) is 8.16. The number of benzene rings is 3. The molecule has 0 fully saturated rings. The van der Waals surface area contributed by atoms with E-state index in [0.29, 0.717) is 37.2 Å². The van der Waals surface area contributed by atoms with Crippen LogP contribution in [-0.4, -0.2) is 25.4 Å². The van der Waals surface area contributed by atoms with Gasteiger partial charge in [0, 0.05) is 20.6 Å². The third-order valence-electron chi connectivity index (χ3n) is 5.35. The summed E-state index contributed by atoms with van der Waals surface area (Å²) < 4.78 is 26.4. The standard InChI is InChI=1S/C25H23Cl4N2O4PS/c1-3-34-36(33,35-4-2)15-30(37-20-13-17(26)12-18(27)14-20)19-8-9-23-16(10-19)11-24(32)31(23)25-21(28)6-5-7-22(25)29/h5-10,12-14H,3-4,11,15H2,1-2H3. The summed E-state index contributed by atoms with van der Waals surface area (Å²) in [6.45, 7) is 3.97. The first-order valence-corrected chi connectivity index (χ1v) is 15.3. The van der Waals surface area contributed by atoms with Crippen LogP contribution in [0.3, 0.4) is 0 Å². The lowest BCUT2D eigenvalue weighted by atomic mass is 10.1. The van der Waals surface area contributed by atoms with Gasteiger partial charge in [-0.15, -0.1) is 0 Å². The van der Waals surface area contributed by atoms with Gasteiger partial charge in [0.2, 0.25) is 5.91 Å². The zero-order chi connectivity index (χ0) is 26.7. The van der Waals surface area contributed by atoms with Crippen molar-refractivity contribution < 1.29 is 18.4 Å². The lowest BCUT2D eigenvalue weighted by Gasteiger charge is -2.28. The van der Waals surface area contributed by atoms with Crippen LogP contribution in [0.25, 0.3) is 0 Å². The smallest absolute Gasteiger partial charge is 0.308 e. The normalized spacial score (nSPS) is 13.2. The van der Waals surface area contributed by atoms with Crippen molar-refractivity contribution in [1.29, 1.82) is 0 Å². The Morgan fingerprint density at radius 3 is 2.16 bits per heavy atom. The predicted octanol–water partition coefficient (Wildman–Crippen LogP) is 9.26. The number of rotatable bonds is 10. The molecule has 0 atom stereocenters. The van der Waals surface area contributed by atoms with Crippen LogP contribution in [0.4, 0.5) is 17.1 Å². The highest BCUT2D eigenvalue weighted by Gasteiger charge is 2.33. The molecule has 1 aliphatic heterocycles. The first-order chi connectivity index (χ1) is 17.6. The van der Waals surface area contributed by atoms with Crippen molar-refractivity contribution in [2.24, 2.45) is 0 Å². The Hall–Kier alpha value is -1.41. The fraction of sp³-hybridized carbons (Fsp3) is 0.240. The van der Waals surface area contributed by atoms with E-state index in [1.807, 2.05) is 18.2 Å². The number of carbonyl (C=O) groups is 1. The van der Waals surface area contributed by atoms with Gasteiger partial charge in [0.05, 0.1) is 41.1 Å². The molecule has 12 heteroatoms. The number of hydrogen-bond donors (Lipinski definition) is 0. The van der Waals surface area contributed by atoms with Gasteiger partial charge in [0.15, 0.2) is 0 Å². The second-order valence-electron chi connectivity index (χ2n) is 7.95. The Kier molecular flexibility index (Phi) is 9.42. The van der Waals surface area contributed by atoms with Gasteiger partial charge in [-0.1, -0.05) is 52.5 Å². The Morgan fingerprint density at radius 1 is 0.946 bits per heavy atom. The van der Waals surface area contributed by atoms with Crippen molar-refractivity contribution in [2.75, 3.05) is 28.7 Å². The van der Waals surface area contributed by atoms with Crippen LogP contribution in [0.5, 0.6) is 0 Å². The minimum absolute atomic E-state index is 0.0454. The van der Waals surface area contributed by atoms with E-state index < -0.39 is 7.60 Å². The van der Waals surface area contributed by atoms with E-state index in [0.717, 1.165) is 10.5 Å². The highest BCUT2D eigenvalue weighted by atomic mass is 35.5. The molecule has 37 heavy (non-hydrogen) atoms. The molecule has 0 N–H and O–H groups in total. The van der Waals surface area contributed by atoms with Crippen molar-refractivity contribution in [3.63, 3.8) is 0 Å². The molecule has 196 valence electrons.